The number of carbonyl (C=O) groups excluding carboxylic acids is 1. The second kappa shape index (κ2) is 6.75. The third kappa shape index (κ3) is 3.11. The smallest absolute Gasteiger partial charge is 0.343 e. The van der Waals surface area contributed by atoms with Crippen molar-refractivity contribution in [1.82, 2.24) is 0 Å². The first kappa shape index (κ1) is 16.1. The van der Waals surface area contributed by atoms with Crippen molar-refractivity contribution in [2.75, 3.05) is 0 Å². The highest BCUT2D eigenvalue weighted by atomic mass is 16.5. The van der Waals surface area contributed by atoms with Crippen molar-refractivity contribution in [3.63, 3.8) is 0 Å². The van der Waals surface area contributed by atoms with Gasteiger partial charge in [0.05, 0.1) is 5.56 Å². The van der Waals surface area contributed by atoms with Crippen molar-refractivity contribution in [1.29, 1.82) is 0 Å². The lowest BCUT2D eigenvalue weighted by Gasteiger charge is -2.12. The second-order valence-electron chi connectivity index (χ2n) is 5.74. The number of phenols is 1. The predicted octanol–water partition coefficient (Wildman–Crippen LogP) is 4.89. The van der Waals surface area contributed by atoms with Crippen LogP contribution in [-0.2, 0) is 12.8 Å². The van der Waals surface area contributed by atoms with E-state index in [2.05, 4.69) is 19.9 Å². The first-order chi connectivity index (χ1) is 11.6. The highest BCUT2D eigenvalue weighted by molar-refractivity contribution is 5.96. The molecule has 0 unspecified atom stereocenters. The molecule has 0 heterocycles. The molecule has 0 amide bonds. The normalized spacial score (nSPS) is 10.8. The molecule has 0 aliphatic carbocycles. The Morgan fingerprint density at radius 1 is 0.958 bits per heavy atom. The van der Waals surface area contributed by atoms with Gasteiger partial charge < -0.3 is 9.84 Å². The van der Waals surface area contributed by atoms with Crippen LogP contribution in [0.3, 0.4) is 0 Å². The van der Waals surface area contributed by atoms with Crippen LogP contribution in [0, 0.1) is 0 Å². The van der Waals surface area contributed by atoms with Crippen molar-refractivity contribution in [3.8, 4) is 11.5 Å². The molecular weight excluding hydrogens is 300 g/mol. The molecule has 0 aliphatic heterocycles. The summed E-state index contributed by atoms with van der Waals surface area (Å²) < 4.78 is 5.65. The summed E-state index contributed by atoms with van der Waals surface area (Å²) in [6.45, 7) is 4.16. The van der Waals surface area contributed by atoms with Crippen LogP contribution in [0.5, 0.6) is 11.5 Å². The minimum atomic E-state index is -0.368. The van der Waals surface area contributed by atoms with Gasteiger partial charge >= 0.3 is 5.97 Å². The van der Waals surface area contributed by atoms with Crippen molar-refractivity contribution in [3.05, 3.63) is 71.3 Å². The lowest BCUT2D eigenvalue weighted by Crippen LogP contribution is -2.10. The molecule has 3 heteroatoms. The van der Waals surface area contributed by atoms with Crippen LogP contribution in [0.15, 0.2) is 54.6 Å². The summed E-state index contributed by atoms with van der Waals surface area (Å²) in [6.07, 6.45) is 1.73. The lowest BCUT2D eigenvalue weighted by atomic mass is 10.0. The number of aromatic hydroxyl groups is 1. The van der Waals surface area contributed by atoms with Gasteiger partial charge in [0.25, 0.3) is 0 Å². The van der Waals surface area contributed by atoms with Gasteiger partial charge in [-0.25, -0.2) is 4.79 Å². The molecule has 0 aromatic heterocycles. The molecule has 0 saturated heterocycles. The van der Waals surface area contributed by atoms with Crippen molar-refractivity contribution in [2.24, 2.45) is 0 Å². The maximum absolute atomic E-state index is 12.5. The van der Waals surface area contributed by atoms with Crippen LogP contribution in [0.4, 0.5) is 0 Å². The van der Waals surface area contributed by atoms with Crippen LogP contribution in [0.2, 0.25) is 0 Å². The number of esters is 1. The van der Waals surface area contributed by atoms with Gasteiger partial charge in [0.2, 0.25) is 0 Å². The van der Waals surface area contributed by atoms with Crippen molar-refractivity contribution < 1.29 is 14.6 Å². The fraction of sp³-hybridized carbons (Fsp3) is 0.190. The van der Waals surface area contributed by atoms with E-state index in [9.17, 15) is 9.90 Å². The zero-order valence-corrected chi connectivity index (χ0v) is 13.9. The first-order valence-electron chi connectivity index (χ1n) is 8.18. The molecule has 3 rings (SSSR count). The fourth-order valence-corrected chi connectivity index (χ4v) is 2.96. The van der Waals surface area contributed by atoms with E-state index in [0.29, 0.717) is 11.3 Å². The van der Waals surface area contributed by atoms with Gasteiger partial charge in [0, 0.05) is 0 Å². The van der Waals surface area contributed by atoms with Gasteiger partial charge in [-0.2, -0.15) is 0 Å². The Balaban J connectivity index is 1.91. The standard InChI is InChI=1S/C21H20O3/c1-3-14-6-5-7-20(19(14)4-2)24-21(23)17-9-8-16-13-18(22)11-10-15(16)12-17/h5-13,22H,3-4H2,1-2H3. The van der Waals surface area contributed by atoms with Crippen molar-refractivity contribution >= 4 is 16.7 Å². The largest absolute Gasteiger partial charge is 0.508 e. The number of aryl methyl sites for hydroxylation is 1. The third-order valence-corrected chi connectivity index (χ3v) is 4.23. The van der Waals surface area contributed by atoms with Gasteiger partial charge in [-0.05, 0) is 65.1 Å². The zero-order chi connectivity index (χ0) is 17.1. The molecule has 0 fully saturated rings. The molecule has 0 radical (unpaired) electrons. The topological polar surface area (TPSA) is 46.5 Å². The molecule has 3 aromatic carbocycles. The van der Waals surface area contributed by atoms with E-state index < -0.39 is 0 Å². The van der Waals surface area contributed by atoms with E-state index in [1.54, 1.807) is 30.3 Å². The highest BCUT2D eigenvalue weighted by Crippen LogP contribution is 2.26. The molecule has 0 atom stereocenters. The Bertz CT molecular complexity index is 897. The SMILES string of the molecule is CCc1cccc(OC(=O)c2ccc3cc(O)ccc3c2)c1CC. The summed E-state index contributed by atoms with van der Waals surface area (Å²) in [7, 11) is 0. The van der Waals surface area contributed by atoms with E-state index in [0.717, 1.165) is 29.2 Å². The van der Waals surface area contributed by atoms with Gasteiger partial charge in [-0.3, -0.25) is 0 Å². The summed E-state index contributed by atoms with van der Waals surface area (Å²) in [5, 5.41) is 11.3. The lowest BCUT2D eigenvalue weighted by molar-refractivity contribution is 0.0733. The van der Waals surface area contributed by atoms with Gasteiger partial charge in [-0.1, -0.05) is 38.1 Å². The number of phenolic OH excluding ortho intramolecular Hbond substituents is 1. The van der Waals surface area contributed by atoms with E-state index in [4.69, 9.17) is 4.74 Å². The average molecular weight is 320 g/mol. The summed E-state index contributed by atoms with van der Waals surface area (Å²) in [6, 6.07) is 16.2. The minimum Gasteiger partial charge on any atom is -0.508 e. The summed E-state index contributed by atoms with van der Waals surface area (Å²) in [5.74, 6) is 0.474. The molecule has 0 spiro atoms. The fourth-order valence-electron chi connectivity index (χ4n) is 2.96. The molecule has 0 saturated carbocycles. The number of hydrogen-bond acceptors (Lipinski definition) is 3. The predicted molar refractivity (Wildman–Crippen MR) is 95.8 cm³/mol. The van der Waals surface area contributed by atoms with E-state index in [1.165, 1.54) is 5.56 Å². The quantitative estimate of drug-likeness (QED) is 0.550. The molecule has 3 aromatic rings. The Morgan fingerprint density at radius 3 is 2.46 bits per heavy atom. The maximum atomic E-state index is 12.5. The molecule has 1 N–H and O–H groups in total. The van der Waals surface area contributed by atoms with Crippen LogP contribution >= 0.6 is 0 Å². The van der Waals surface area contributed by atoms with E-state index in [1.807, 2.05) is 18.2 Å². The molecule has 122 valence electrons. The average Bonchev–Trinajstić information content (AvgIpc) is 2.60. The monoisotopic (exact) mass is 320 g/mol. The first-order valence-corrected chi connectivity index (χ1v) is 8.18. The van der Waals surface area contributed by atoms with Gasteiger partial charge in [0.1, 0.15) is 11.5 Å². The Morgan fingerprint density at radius 2 is 1.71 bits per heavy atom. The second-order valence-corrected chi connectivity index (χ2v) is 5.74. The summed E-state index contributed by atoms with van der Waals surface area (Å²) in [4.78, 5) is 12.5. The van der Waals surface area contributed by atoms with Gasteiger partial charge in [-0.15, -0.1) is 0 Å². The molecule has 3 nitrogen and oxygen atoms in total. The van der Waals surface area contributed by atoms with Crippen LogP contribution < -0.4 is 4.74 Å². The third-order valence-electron chi connectivity index (χ3n) is 4.23. The molecule has 24 heavy (non-hydrogen) atoms. The summed E-state index contributed by atoms with van der Waals surface area (Å²) >= 11 is 0. The van der Waals surface area contributed by atoms with Crippen LogP contribution in [0.1, 0.15) is 35.3 Å². The number of benzene rings is 3. The van der Waals surface area contributed by atoms with E-state index in [-0.39, 0.29) is 11.7 Å². The zero-order valence-electron chi connectivity index (χ0n) is 13.9. The molecule has 0 aliphatic rings. The Kier molecular flexibility index (Phi) is 4.52. The highest BCUT2D eigenvalue weighted by Gasteiger charge is 2.13. The minimum absolute atomic E-state index is 0.210. The van der Waals surface area contributed by atoms with E-state index >= 15 is 0 Å². The number of ether oxygens (including phenoxy) is 1. The van der Waals surface area contributed by atoms with Crippen molar-refractivity contribution in [2.45, 2.75) is 26.7 Å². The molecule has 0 bridgehead atoms. The number of carbonyl (C=O) groups is 1. The van der Waals surface area contributed by atoms with Crippen LogP contribution in [-0.4, -0.2) is 11.1 Å². The molecular formula is C21H20O3. The number of rotatable bonds is 4. The Hall–Kier alpha value is -2.81. The van der Waals surface area contributed by atoms with Gasteiger partial charge in [0.15, 0.2) is 0 Å². The number of fused-ring (bicyclic) bond motifs is 1. The number of hydrogen-bond donors (Lipinski definition) is 1. The summed E-state index contributed by atoms with van der Waals surface area (Å²) in [5.41, 5.74) is 2.79. The Labute approximate surface area is 141 Å². The van der Waals surface area contributed by atoms with Crippen LogP contribution in [0.25, 0.3) is 10.8 Å². The maximum Gasteiger partial charge on any atom is 0.343 e.